The summed E-state index contributed by atoms with van der Waals surface area (Å²) >= 11 is 0. The summed E-state index contributed by atoms with van der Waals surface area (Å²) in [5, 5.41) is 0. The average molecular weight is 252 g/mol. The Hall–Kier alpha value is -1.33. The van der Waals surface area contributed by atoms with Crippen molar-refractivity contribution in [3.05, 3.63) is 23.0 Å². The van der Waals surface area contributed by atoms with Gasteiger partial charge in [-0.05, 0) is 26.8 Å². The van der Waals surface area contributed by atoms with Crippen molar-refractivity contribution in [1.82, 2.24) is 4.57 Å². The molecule has 2 N–H and O–H groups in total. The smallest absolute Gasteiger partial charge is 0.340 e. The Labute approximate surface area is 107 Å². The van der Waals surface area contributed by atoms with Gasteiger partial charge in [-0.15, -0.1) is 0 Å². The van der Waals surface area contributed by atoms with E-state index in [0.717, 1.165) is 17.9 Å². The van der Waals surface area contributed by atoms with Gasteiger partial charge in [0.2, 0.25) is 0 Å². The van der Waals surface area contributed by atoms with Crippen molar-refractivity contribution in [2.75, 3.05) is 6.61 Å². The van der Waals surface area contributed by atoms with Crippen LogP contribution in [0.1, 0.15) is 42.5 Å². The Balaban J connectivity index is 2.33. The maximum absolute atomic E-state index is 12.1. The van der Waals surface area contributed by atoms with Gasteiger partial charge in [0.05, 0.1) is 24.5 Å². The van der Waals surface area contributed by atoms with Crippen molar-refractivity contribution in [3.63, 3.8) is 0 Å². The van der Waals surface area contributed by atoms with Gasteiger partial charge in [-0.1, -0.05) is 0 Å². The summed E-state index contributed by atoms with van der Waals surface area (Å²) in [7, 11) is 0. The minimum Gasteiger partial charge on any atom is -0.456 e. The molecule has 2 rings (SSSR count). The Morgan fingerprint density at radius 3 is 2.89 bits per heavy atom. The molecular weight excluding hydrogens is 232 g/mol. The topological polar surface area (TPSA) is 66.5 Å². The Morgan fingerprint density at radius 2 is 2.28 bits per heavy atom. The fraction of sp³-hybridized carbons (Fsp3) is 0.615. The summed E-state index contributed by atoms with van der Waals surface area (Å²) in [6, 6.07) is 1.82. The number of hydrogen-bond acceptors (Lipinski definition) is 4. The van der Waals surface area contributed by atoms with E-state index in [0.29, 0.717) is 25.3 Å². The van der Waals surface area contributed by atoms with Crippen molar-refractivity contribution in [1.29, 1.82) is 0 Å². The molecule has 0 unspecified atom stereocenters. The van der Waals surface area contributed by atoms with E-state index in [2.05, 4.69) is 4.57 Å². The number of nitrogens with zero attached hydrogens (tertiary/aromatic N) is 1. The van der Waals surface area contributed by atoms with Crippen LogP contribution in [0.15, 0.2) is 6.07 Å². The number of fused-ring (bicyclic) bond motifs is 1. The van der Waals surface area contributed by atoms with Crippen LogP contribution < -0.4 is 5.73 Å². The Bertz CT molecular complexity index is 458. The zero-order valence-corrected chi connectivity index (χ0v) is 11.2. The van der Waals surface area contributed by atoms with Gasteiger partial charge in [0.1, 0.15) is 5.60 Å². The fourth-order valence-corrected chi connectivity index (χ4v) is 2.08. The summed E-state index contributed by atoms with van der Waals surface area (Å²) in [6.45, 7) is 7.81. The second-order valence-corrected chi connectivity index (χ2v) is 5.41. The number of carbonyl (C=O) groups excluding carboxylic acids is 1. The van der Waals surface area contributed by atoms with Gasteiger partial charge in [-0.25, -0.2) is 4.79 Å². The molecule has 0 amide bonds. The van der Waals surface area contributed by atoms with Crippen LogP contribution in [0, 0.1) is 0 Å². The molecule has 1 aromatic rings. The minimum absolute atomic E-state index is 0.309. The number of aromatic nitrogens is 1. The molecular formula is C13H20N2O3. The lowest BCUT2D eigenvalue weighted by atomic mass is 10.1. The number of nitrogens with two attached hydrogens (primary N) is 1. The molecule has 5 heteroatoms. The molecule has 0 saturated carbocycles. The van der Waals surface area contributed by atoms with Gasteiger partial charge in [-0.2, -0.15) is 0 Å². The maximum Gasteiger partial charge on any atom is 0.340 e. The molecule has 0 saturated heterocycles. The molecule has 0 spiro atoms. The van der Waals surface area contributed by atoms with E-state index in [-0.39, 0.29) is 5.97 Å². The highest BCUT2D eigenvalue weighted by molar-refractivity contribution is 5.91. The highest BCUT2D eigenvalue weighted by Crippen LogP contribution is 2.23. The van der Waals surface area contributed by atoms with E-state index in [1.165, 1.54) is 0 Å². The van der Waals surface area contributed by atoms with Gasteiger partial charge >= 0.3 is 5.97 Å². The fourth-order valence-electron chi connectivity index (χ4n) is 2.08. The van der Waals surface area contributed by atoms with E-state index in [9.17, 15) is 4.79 Å². The highest BCUT2D eigenvalue weighted by Gasteiger charge is 2.26. The molecule has 5 nitrogen and oxygen atoms in total. The van der Waals surface area contributed by atoms with E-state index in [1.807, 2.05) is 26.8 Å². The molecule has 0 aliphatic carbocycles. The van der Waals surface area contributed by atoms with Crippen molar-refractivity contribution in [3.8, 4) is 0 Å². The van der Waals surface area contributed by atoms with Crippen LogP contribution in [0.5, 0.6) is 0 Å². The lowest BCUT2D eigenvalue weighted by Crippen LogP contribution is -2.25. The molecule has 2 heterocycles. The van der Waals surface area contributed by atoms with Crippen molar-refractivity contribution < 1.29 is 14.3 Å². The minimum atomic E-state index is -0.496. The highest BCUT2D eigenvalue weighted by atomic mass is 16.6. The number of ether oxygens (including phenoxy) is 2. The molecule has 100 valence electrons. The number of esters is 1. The third-order valence-corrected chi connectivity index (χ3v) is 2.82. The van der Waals surface area contributed by atoms with Crippen LogP contribution in [-0.4, -0.2) is 22.7 Å². The zero-order chi connectivity index (χ0) is 13.3. The van der Waals surface area contributed by atoms with Gasteiger partial charge in [0, 0.05) is 18.8 Å². The first-order valence-electron chi connectivity index (χ1n) is 6.15. The molecule has 0 atom stereocenters. The van der Waals surface area contributed by atoms with Crippen molar-refractivity contribution in [2.24, 2.45) is 5.73 Å². The predicted octanol–water partition coefficient (Wildman–Crippen LogP) is 1.43. The standard InChI is InChI=1S/C13H20N2O3/c1-13(2,3)18-12(16)10-6-9(7-14)15-4-5-17-8-11(10)15/h6H,4-5,7-8,14H2,1-3H3. The zero-order valence-electron chi connectivity index (χ0n) is 11.2. The lowest BCUT2D eigenvalue weighted by Gasteiger charge is -2.21. The molecule has 0 aromatic carbocycles. The van der Waals surface area contributed by atoms with E-state index >= 15 is 0 Å². The molecule has 1 aliphatic heterocycles. The van der Waals surface area contributed by atoms with Crippen LogP contribution in [0.4, 0.5) is 0 Å². The molecule has 1 aliphatic rings. The average Bonchev–Trinajstić information content (AvgIpc) is 2.65. The normalized spacial score (nSPS) is 15.3. The second kappa shape index (κ2) is 4.74. The monoisotopic (exact) mass is 252 g/mol. The molecule has 1 aromatic heterocycles. The Kier molecular flexibility index (Phi) is 3.45. The maximum atomic E-state index is 12.1. The molecule has 0 fully saturated rings. The first-order chi connectivity index (χ1) is 8.42. The van der Waals surface area contributed by atoms with Gasteiger partial charge in [0.25, 0.3) is 0 Å². The number of rotatable bonds is 2. The van der Waals surface area contributed by atoms with E-state index in [4.69, 9.17) is 15.2 Å². The van der Waals surface area contributed by atoms with Crippen LogP contribution in [0.2, 0.25) is 0 Å². The van der Waals surface area contributed by atoms with Crippen LogP contribution in [0.3, 0.4) is 0 Å². The second-order valence-electron chi connectivity index (χ2n) is 5.41. The Morgan fingerprint density at radius 1 is 1.56 bits per heavy atom. The summed E-state index contributed by atoms with van der Waals surface area (Å²) in [5.41, 5.74) is 7.60. The van der Waals surface area contributed by atoms with Gasteiger partial charge in [0.15, 0.2) is 0 Å². The third kappa shape index (κ3) is 2.57. The summed E-state index contributed by atoms with van der Waals surface area (Å²) in [5.74, 6) is -0.309. The lowest BCUT2D eigenvalue weighted by molar-refractivity contribution is 0.00605. The van der Waals surface area contributed by atoms with Crippen LogP contribution in [0.25, 0.3) is 0 Å². The van der Waals surface area contributed by atoms with E-state index in [1.54, 1.807) is 0 Å². The van der Waals surface area contributed by atoms with Crippen LogP contribution >= 0.6 is 0 Å². The molecule has 18 heavy (non-hydrogen) atoms. The quantitative estimate of drug-likeness (QED) is 0.809. The van der Waals surface area contributed by atoms with Gasteiger partial charge < -0.3 is 19.8 Å². The van der Waals surface area contributed by atoms with Crippen molar-refractivity contribution >= 4 is 5.97 Å². The number of carbonyl (C=O) groups is 1. The summed E-state index contributed by atoms with van der Waals surface area (Å²) in [6.07, 6.45) is 0. The summed E-state index contributed by atoms with van der Waals surface area (Å²) < 4.78 is 12.9. The third-order valence-electron chi connectivity index (χ3n) is 2.82. The first kappa shape index (κ1) is 13.1. The van der Waals surface area contributed by atoms with Crippen LogP contribution in [-0.2, 0) is 29.2 Å². The van der Waals surface area contributed by atoms with Gasteiger partial charge in [-0.3, -0.25) is 0 Å². The molecule has 0 bridgehead atoms. The van der Waals surface area contributed by atoms with Crippen molar-refractivity contribution in [2.45, 2.75) is 46.1 Å². The first-order valence-corrected chi connectivity index (χ1v) is 6.15. The molecule has 0 radical (unpaired) electrons. The largest absolute Gasteiger partial charge is 0.456 e. The summed E-state index contributed by atoms with van der Waals surface area (Å²) in [4.78, 5) is 12.1. The van der Waals surface area contributed by atoms with E-state index < -0.39 is 5.60 Å². The predicted molar refractivity (Wildman–Crippen MR) is 67.1 cm³/mol. The SMILES string of the molecule is CC(C)(C)OC(=O)c1cc(CN)n2c1COCC2. The number of hydrogen-bond donors (Lipinski definition) is 1.